The standard InChI is InChI=1S/C12H14N4O2/c1-8-5-9(7-17)6-14-11(8)16-4-3-10(15-16)12(18)13-2/h3-6,17H,7H2,1-2H3,(H,13,18). The van der Waals surface area contributed by atoms with Crippen LogP contribution in [0, 0.1) is 6.92 Å². The summed E-state index contributed by atoms with van der Waals surface area (Å²) in [5, 5.41) is 15.7. The van der Waals surface area contributed by atoms with Gasteiger partial charge in [-0.15, -0.1) is 0 Å². The van der Waals surface area contributed by atoms with Crippen molar-refractivity contribution in [1.29, 1.82) is 0 Å². The lowest BCUT2D eigenvalue weighted by Crippen LogP contribution is -2.18. The third-order valence-electron chi connectivity index (χ3n) is 2.56. The number of carbonyl (C=O) groups is 1. The van der Waals surface area contributed by atoms with Crippen LogP contribution in [0.1, 0.15) is 21.6 Å². The molecule has 2 aromatic heterocycles. The van der Waals surface area contributed by atoms with Crippen molar-refractivity contribution in [3.63, 3.8) is 0 Å². The van der Waals surface area contributed by atoms with Crippen LogP contribution in [0.5, 0.6) is 0 Å². The van der Waals surface area contributed by atoms with Gasteiger partial charge in [-0.1, -0.05) is 0 Å². The van der Waals surface area contributed by atoms with E-state index in [1.807, 2.05) is 13.0 Å². The Kier molecular flexibility index (Phi) is 3.38. The quantitative estimate of drug-likeness (QED) is 0.823. The second kappa shape index (κ2) is 4.97. The Bertz CT molecular complexity index is 577. The number of rotatable bonds is 3. The zero-order valence-corrected chi connectivity index (χ0v) is 10.2. The van der Waals surface area contributed by atoms with E-state index in [-0.39, 0.29) is 12.5 Å². The maximum atomic E-state index is 11.4. The molecule has 0 radical (unpaired) electrons. The minimum Gasteiger partial charge on any atom is -0.392 e. The average Bonchev–Trinajstić information content (AvgIpc) is 2.87. The zero-order valence-electron chi connectivity index (χ0n) is 10.2. The van der Waals surface area contributed by atoms with Gasteiger partial charge in [-0.05, 0) is 30.2 Å². The van der Waals surface area contributed by atoms with Crippen LogP contribution in [-0.4, -0.2) is 32.8 Å². The van der Waals surface area contributed by atoms with E-state index in [1.54, 1.807) is 30.2 Å². The van der Waals surface area contributed by atoms with Gasteiger partial charge in [-0.25, -0.2) is 9.67 Å². The summed E-state index contributed by atoms with van der Waals surface area (Å²) in [5.74, 6) is 0.403. The first-order chi connectivity index (χ1) is 8.65. The summed E-state index contributed by atoms with van der Waals surface area (Å²) in [6, 6.07) is 3.46. The smallest absolute Gasteiger partial charge is 0.271 e. The van der Waals surface area contributed by atoms with E-state index in [9.17, 15) is 4.79 Å². The molecular weight excluding hydrogens is 232 g/mol. The van der Waals surface area contributed by atoms with E-state index in [4.69, 9.17) is 5.11 Å². The van der Waals surface area contributed by atoms with Crippen molar-refractivity contribution in [2.24, 2.45) is 0 Å². The zero-order chi connectivity index (χ0) is 13.1. The Hall–Kier alpha value is -2.21. The lowest BCUT2D eigenvalue weighted by molar-refractivity contribution is 0.0957. The van der Waals surface area contributed by atoms with Gasteiger partial charge in [-0.3, -0.25) is 4.79 Å². The van der Waals surface area contributed by atoms with Crippen molar-refractivity contribution < 1.29 is 9.90 Å². The maximum absolute atomic E-state index is 11.4. The second-order valence-corrected chi connectivity index (χ2v) is 3.87. The van der Waals surface area contributed by atoms with Crippen LogP contribution in [0.15, 0.2) is 24.5 Å². The minimum absolute atomic E-state index is 0.0449. The summed E-state index contributed by atoms with van der Waals surface area (Å²) in [5.41, 5.74) is 1.97. The number of carbonyl (C=O) groups excluding carboxylic acids is 1. The van der Waals surface area contributed by atoms with Gasteiger partial charge in [0.05, 0.1) is 6.61 Å². The van der Waals surface area contributed by atoms with Gasteiger partial charge in [0, 0.05) is 19.4 Å². The fourth-order valence-corrected chi connectivity index (χ4v) is 1.64. The van der Waals surface area contributed by atoms with Gasteiger partial charge >= 0.3 is 0 Å². The Morgan fingerprint density at radius 1 is 1.56 bits per heavy atom. The molecule has 6 nitrogen and oxygen atoms in total. The number of aryl methyl sites for hydroxylation is 1. The van der Waals surface area contributed by atoms with Gasteiger partial charge in [0.25, 0.3) is 5.91 Å². The van der Waals surface area contributed by atoms with Crippen molar-refractivity contribution >= 4 is 5.91 Å². The number of aliphatic hydroxyl groups excluding tert-OH is 1. The predicted molar refractivity (Wildman–Crippen MR) is 65.4 cm³/mol. The first kappa shape index (κ1) is 12.3. The molecule has 18 heavy (non-hydrogen) atoms. The molecule has 0 aliphatic carbocycles. The summed E-state index contributed by atoms with van der Waals surface area (Å²) in [7, 11) is 1.56. The fraction of sp³-hybridized carbons (Fsp3) is 0.250. The van der Waals surface area contributed by atoms with Crippen molar-refractivity contribution in [2.45, 2.75) is 13.5 Å². The van der Waals surface area contributed by atoms with Crippen LogP contribution in [0.2, 0.25) is 0 Å². The number of nitrogens with zero attached hydrogens (tertiary/aromatic N) is 3. The normalized spacial score (nSPS) is 10.4. The Morgan fingerprint density at radius 3 is 2.94 bits per heavy atom. The first-order valence-corrected chi connectivity index (χ1v) is 5.50. The second-order valence-electron chi connectivity index (χ2n) is 3.87. The van der Waals surface area contributed by atoms with E-state index < -0.39 is 0 Å². The van der Waals surface area contributed by atoms with Crippen molar-refractivity contribution in [3.05, 3.63) is 41.3 Å². The highest BCUT2D eigenvalue weighted by molar-refractivity contribution is 5.91. The van der Waals surface area contributed by atoms with Gasteiger partial charge in [0.2, 0.25) is 0 Å². The molecule has 94 valence electrons. The van der Waals surface area contributed by atoms with Crippen molar-refractivity contribution in [2.75, 3.05) is 7.05 Å². The van der Waals surface area contributed by atoms with Gasteiger partial charge < -0.3 is 10.4 Å². The molecular formula is C12H14N4O2. The molecule has 2 heterocycles. The SMILES string of the molecule is CNC(=O)c1ccn(-c2ncc(CO)cc2C)n1. The highest BCUT2D eigenvalue weighted by Gasteiger charge is 2.10. The molecule has 0 spiro atoms. The molecule has 0 aliphatic rings. The molecule has 0 fully saturated rings. The maximum Gasteiger partial charge on any atom is 0.271 e. The van der Waals surface area contributed by atoms with E-state index in [2.05, 4.69) is 15.4 Å². The minimum atomic E-state index is -0.238. The summed E-state index contributed by atoms with van der Waals surface area (Å²) in [4.78, 5) is 15.6. The van der Waals surface area contributed by atoms with Crippen LogP contribution in [0.3, 0.4) is 0 Å². The molecule has 0 atom stereocenters. The third kappa shape index (κ3) is 2.23. The summed E-state index contributed by atoms with van der Waals surface area (Å²) in [6.07, 6.45) is 3.27. The molecule has 2 rings (SSSR count). The van der Waals surface area contributed by atoms with Crippen molar-refractivity contribution in [1.82, 2.24) is 20.1 Å². The van der Waals surface area contributed by atoms with E-state index in [1.165, 1.54) is 0 Å². The first-order valence-electron chi connectivity index (χ1n) is 5.50. The van der Waals surface area contributed by atoms with E-state index >= 15 is 0 Å². The number of amides is 1. The van der Waals surface area contributed by atoms with Crippen LogP contribution in [-0.2, 0) is 6.61 Å². The summed E-state index contributed by atoms with van der Waals surface area (Å²) in [6.45, 7) is 1.83. The number of hydrogen-bond acceptors (Lipinski definition) is 4. The summed E-state index contributed by atoms with van der Waals surface area (Å²) >= 11 is 0. The molecule has 0 saturated carbocycles. The average molecular weight is 246 g/mol. The van der Waals surface area contributed by atoms with Crippen molar-refractivity contribution in [3.8, 4) is 5.82 Å². The highest BCUT2D eigenvalue weighted by atomic mass is 16.3. The lowest BCUT2D eigenvalue weighted by Gasteiger charge is -2.06. The topological polar surface area (TPSA) is 80.0 Å². The van der Waals surface area contributed by atoms with Crippen LogP contribution in [0.25, 0.3) is 5.82 Å². The fourth-order valence-electron chi connectivity index (χ4n) is 1.64. The molecule has 0 aliphatic heterocycles. The molecule has 6 heteroatoms. The Morgan fingerprint density at radius 2 is 2.33 bits per heavy atom. The number of aliphatic hydroxyl groups is 1. The molecule has 0 saturated heterocycles. The number of aromatic nitrogens is 3. The lowest BCUT2D eigenvalue weighted by atomic mass is 10.2. The highest BCUT2D eigenvalue weighted by Crippen LogP contribution is 2.12. The van der Waals surface area contributed by atoms with E-state index in [0.29, 0.717) is 11.5 Å². The van der Waals surface area contributed by atoms with Crippen LogP contribution in [0.4, 0.5) is 0 Å². The molecule has 0 aromatic carbocycles. The summed E-state index contributed by atoms with van der Waals surface area (Å²) < 4.78 is 1.54. The monoisotopic (exact) mass is 246 g/mol. The third-order valence-corrected chi connectivity index (χ3v) is 2.56. The molecule has 1 amide bonds. The molecule has 2 aromatic rings. The van der Waals surface area contributed by atoms with Gasteiger partial charge in [0.15, 0.2) is 11.5 Å². The number of nitrogens with one attached hydrogen (secondary N) is 1. The molecule has 0 bridgehead atoms. The Balaban J connectivity index is 2.37. The molecule has 0 unspecified atom stereocenters. The number of pyridine rings is 1. The van der Waals surface area contributed by atoms with Crippen LogP contribution < -0.4 is 5.32 Å². The predicted octanol–water partition coefficient (Wildman–Crippen LogP) is 0.428. The van der Waals surface area contributed by atoms with Gasteiger partial charge in [0.1, 0.15) is 0 Å². The molecule has 2 N–H and O–H groups in total. The van der Waals surface area contributed by atoms with E-state index in [0.717, 1.165) is 11.1 Å². The largest absolute Gasteiger partial charge is 0.392 e. The Labute approximate surface area is 104 Å². The van der Waals surface area contributed by atoms with Gasteiger partial charge in [-0.2, -0.15) is 5.10 Å². The number of hydrogen-bond donors (Lipinski definition) is 2. The van der Waals surface area contributed by atoms with Crippen LogP contribution >= 0.6 is 0 Å².